The van der Waals surface area contributed by atoms with Crippen LogP contribution in [0.2, 0.25) is 0 Å². The van der Waals surface area contributed by atoms with Gasteiger partial charge in [0.1, 0.15) is 11.2 Å². The normalized spacial score (nSPS) is 16.0. The van der Waals surface area contributed by atoms with Gasteiger partial charge in [-0.15, -0.1) is 0 Å². The molecule has 344 valence electrons. The Labute approximate surface area is 413 Å². The third-order valence-corrected chi connectivity index (χ3v) is 17.4. The fourth-order valence-electron chi connectivity index (χ4n) is 13.7. The monoisotopic (exact) mass is 908 g/mol. The molecule has 70 heavy (non-hydrogen) atoms. The number of aromatic nitrogens is 1. The van der Waals surface area contributed by atoms with Gasteiger partial charge in [-0.05, 0) is 149 Å². The maximum absolute atomic E-state index is 7.01. The van der Waals surface area contributed by atoms with Crippen molar-refractivity contribution in [2.45, 2.75) is 117 Å². The second-order valence-electron chi connectivity index (χ2n) is 25.4. The van der Waals surface area contributed by atoms with Gasteiger partial charge in [0.05, 0.1) is 11.0 Å². The molecule has 0 bridgehead atoms. The molecular formula is C66H61BN2O. The number of hydrogen-bond acceptors (Lipinski definition) is 2. The number of furan rings is 1. The number of nitrogens with zero attached hydrogens (tertiary/aromatic N) is 2. The molecule has 0 saturated carbocycles. The zero-order valence-corrected chi connectivity index (χ0v) is 43.1. The van der Waals surface area contributed by atoms with Gasteiger partial charge in [-0.25, -0.2) is 0 Å². The minimum atomic E-state index is -0.276. The van der Waals surface area contributed by atoms with Crippen LogP contribution in [-0.4, -0.2) is 11.4 Å². The van der Waals surface area contributed by atoms with Crippen molar-refractivity contribution in [3.05, 3.63) is 172 Å². The molecule has 0 saturated heterocycles. The highest BCUT2D eigenvalue weighted by atomic mass is 16.3. The van der Waals surface area contributed by atoms with Crippen molar-refractivity contribution >= 4 is 72.9 Å². The maximum atomic E-state index is 7.01. The summed E-state index contributed by atoms with van der Waals surface area (Å²) in [5.74, 6) is 0. The minimum absolute atomic E-state index is 0.00944. The fraction of sp³-hybridized carbons (Fsp3) is 0.273. The molecular weight excluding hydrogens is 848 g/mol. The lowest BCUT2D eigenvalue weighted by Gasteiger charge is -2.43. The van der Waals surface area contributed by atoms with E-state index >= 15 is 0 Å². The molecule has 8 aromatic carbocycles. The van der Waals surface area contributed by atoms with Gasteiger partial charge in [-0.3, -0.25) is 0 Å². The molecule has 0 N–H and O–H groups in total. The lowest BCUT2D eigenvalue weighted by molar-refractivity contribution is 0.590. The highest BCUT2D eigenvalue weighted by Crippen LogP contribution is 2.60. The molecule has 4 heterocycles. The van der Waals surface area contributed by atoms with Gasteiger partial charge in [0, 0.05) is 55.0 Å². The van der Waals surface area contributed by atoms with Crippen LogP contribution in [-0.2, 0) is 27.1 Å². The van der Waals surface area contributed by atoms with Crippen molar-refractivity contribution in [3.8, 4) is 39.1 Å². The van der Waals surface area contributed by atoms with E-state index in [9.17, 15) is 0 Å². The van der Waals surface area contributed by atoms with Crippen molar-refractivity contribution in [1.29, 1.82) is 0 Å². The van der Waals surface area contributed by atoms with Gasteiger partial charge in [-0.2, -0.15) is 0 Å². The molecule has 4 heteroatoms. The molecule has 0 amide bonds. The summed E-state index contributed by atoms with van der Waals surface area (Å²) in [4.78, 5) is 2.73. The first-order chi connectivity index (χ1) is 33.1. The third kappa shape index (κ3) is 5.27. The summed E-state index contributed by atoms with van der Waals surface area (Å²) in [6.07, 6.45) is 0. The number of anilines is 2. The maximum Gasteiger partial charge on any atom is 0.333 e. The first kappa shape index (κ1) is 42.1. The van der Waals surface area contributed by atoms with Gasteiger partial charge in [0.2, 0.25) is 0 Å². The van der Waals surface area contributed by atoms with E-state index in [1.807, 2.05) is 0 Å². The Balaban J connectivity index is 1.22. The third-order valence-electron chi connectivity index (χ3n) is 17.4. The summed E-state index contributed by atoms with van der Waals surface area (Å²) in [5.41, 5.74) is 28.0. The molecule has 2 aliphatic carbocycles. The SMILES string of the molecule is CC(C)(C)c1ccc(N2B3c4cc5c(cc4-n4c6ccc(C(C)(C)C)cc6c6c7c(c(c3c64)-c3cc4oc6ccc(C(C)(C)C)cc6c4cc32)-c2ccccc2C7(C)C)C(C)(C)c2ccccc2-5)cc1. The van der Waals surface area contributed by atoms with Crippen molar-refractivity contribution in [2.24, 2.45) is 0 Å². The summed E-state index contributed by atoms with van der Waals surface area (Å²) in [5, 5.41) is 5.05. The summed E-state index contributed by atoms with van der Waals surface area (Å²) in [6, 6.07) is 52.4. The average Bonchev–Trinajstić information content (AvgIpc) is 3.99. The molecule has 3 nitrogen and oxygen atoms in total. The van der Waals surface area contributed by atoms with Crippen LogP contribution < -0.4 is 15.7 Å². The van der Waals surface area contributed by atoms with E-state index in [0.717, 1.165) is 16.6 Å². The van der Waals surface area contributed by atoms with E-state index in [1.54, 1.807) is 0 Å². The lowest BCUT2D eigenvalue weighted by atomic mass is 9.43. The Bertz CT molecular complexity index is 4000. The van der Waals surface area contributed by atoms with Crippen molar-refractivity contribution in [2.75, 3.05) is 4.81 Å². The largest absolute Gasteiger partial charge is 0.456 e. The van der Waals surface area contributed by atoms with Crippen LogP contribution in [0.1, 0.15) is 129 Å². The summed E-state index contributed by atoms with van der Waals surface area (Å²) in [7, 11) is 0. The van der Waals surface area contributed by atoms with E-state index in [1.165, 1.54) is 128 Å². The van der Waals surface area contributed by atoms with Gasteiger partial charge in [0.25, 0.3) is 0 Å². The van der Waals surface area contributed by atoms with Crippen LogP contribution in [0, 0.1) is 0 Å². The first-order valence-electron chi connectivity index (χ1n) is 25.6. The van der Waals surface area contributed by atoms with Crippen molar-refractivity contribution in [3.63, 3.8) is 0 Å². The van der Waals surface area contributed by atoms with Crippen LogP contribution >= 0.6 is 0 Å². The Kier molecular flexibility index (Phi) is 7.91. The molecule has 2 aromatic heterocycles. The number of rotatable bonds is 1. The predicted octanol–water partition coefficient (Wildman–Crippen LogP) is 16.4. The van der Waals surface area contributed by atoms with E-state index in [-0.39, 0.29) is 33.9 Å². The quantitative estimate of drug-likeness (QED) is 0.153. The minimum Gasteiger partial charge on any atom is -0.456 e. The van der Waals surface area contributed by atoms with Crippen LogP contribution in [0.4, 0.5) is 11.4 Å². The van der Waals surface area contributed by atoms with Gasteiger partial charge in [0.15, 0.2) is 0 Å². The number of benzene rings is 8. The molecule has 10 aromatic rings. The predicted molar refractivity (Wildman–Crippen MR) is 298 cm³/mol. The number of fused-ring (bicyclic) bond motifs is 19. The van der Waals surface area contributed by atoms with Gasteiger partial charge >= 0.3 is 6.85 Å². The van der Waals surface area contributed by atoms with Crippen LogP contribution in [0.3, 0.4) is 0 Å². The van der Waals surface area contributed by atoms with E-state index in [2.05, 4.69) is 233 Å². The molecule has 0 unspecified atom stereocenters. The van der Waals surface area contributed by atoms with E-state index in [0.29, 0.717) is 0 Å². The Morgan fingerprint density at radius 2 is 1.07 bits per heavy atom. The van der Waals surface area contributed by atoms with Gasteiger partial charge in [-0.1, -0.05) is 169 Å². The van der Waals surface area contributed by atoms with Crippen LogP contribution in [0.5, 0.6) is 0 Å². The molecule has 0 atom stereocenters. The van der Waals surface area contributed by atoms with Crippen LogP contribution in [0.25, 0.3) is 82.8 Å². The summed E-state index contributed by atoms with van der Waals surface area (Å²) < 4.78 is 9.71. The molecule has 14 rings (SSSR count). The topological polar surface area (TPSA) is 21.3 Å². The zero-order chi connectivity index (χ0) is 48.5. The second-order valence-corrected chi connectivity index (χ2v) is 25.4. The average molecular weight is 909 g/mol. The summed E-state index contributed by atoms with van der Waals surface area (Å²) >= 11 is 0. The standard InChI is InChI=1S/C66H61BN2O/c1-62(2,3)36-22-26-39(27-23-36)69-52-33-44-43-30-38(64(7,8)9)25-29-54(43)70-55(44)34-46(52)57-56-41-19-15-17-21-48(41)66(12,13)59(56)58-45-31-37(63(4,5)6)24-28-51(45)68-53-35-49-42(32-50(53)67(69)60(57)61(58)68)40-18-14-16-20-47(40)65(49,10)11/h14-35H,1-13H3. The Morgan fingerprint density at radius 3 is 1.76 bits per heavy atom. The second kappa shape index (κ2) is 13.1. The Morgan fingerprint density at radius 1 is 0.471 bits per heavy atom. The molecule has 0 radical (unpaired) electrons. The molecule has 4 aliphatic rings. The lowest BCUT2D eigenvalue weighted by Crippen LogP contribution is -2.61. The molecule has 2 aliphatic heterocycles. The smallest absolute Gasteiger partial charge is 0.333 e. The van der Waals surface area contributed by atoms with Crippen LogP contribution in [0.15, 0.2) is 138 Å². The summed E-state index contributed by atoms with van der Waals surface area (Å²) in [6.45, 7) is 30.6. The van der Waals surface area contributed by atoms with Gasteiger partial charge < -0.3 is 13.8 Å². The van der Waals surface area contributed by atoms with E-state index in [4.69, 9.17) is 4.42 Å². The Hall–Kier alpha value is -6.78. The highest BCUT2D eigenvalue weighted by Gasteiger charge is 2.51. The van der Waals surface area contributed by atoms with Crippen molar-refractivity contribution < 1.29 is 4.42 Å². The molecule has 0 fully saturated rings. The zero-order valence-electron chi connectivity index (χ0n) is 43.1. The van der Waals surface area contributed by atoms with Crippen molar-refractivity contribution in [1.82, 2.24) is 4.57 Å². The van der Waals surface area contributed by atoms with E-state index < -0.39 is 0 Å². The first-order valence-corrected chi connectivity index (χ1v) is 25.6. The molecule has 0 spiro atoms. The number of hydrogen-bond donors (Lipinski definition) is 0. The fourth-order valence-corrected chi connectivity index (χ4v) is 13.7. The highest BCUT2D eigenvalue weighted by molar-refractivity contribution is 6.94.